The van der Waals surface area contributed by atoms with Gasteiger partial charge in [-0.3, -0.25) is 0 Å². The van der Waals surface area contributed by atoms with Crippen LogP contribution in [0.4, 0.5) is 0 Å². The highest BCUT2D eigenvalue weighted by Gasteiger charge is 2.11. The predicted molar refractivity (Wildman–Crippen MR) is 106 cm³/mol. The fourth-order valence-corrected chi connectivity index (χ4v) is 3.42. The van der Waals surface area contributed by atoms with E-state index in [2.05, 4.69) is 78.8 Å². The van der Waals surface area contributed by atoms with Crippen LogP contribution >= 0.6 is 0 Å². The molecule has 2 heterocycles. The van der Waals surface area contributed by atoms with Gasteiger partial charge >= 0.3 is 0 Å². The Bertz CT molecular complexity index is 1230. The maximum atomic E-state index is 4.72. The average molecular weight is 335 g/mol. The third-order valence-electron chi connectivity index (χ3n) is 4.82. The van der Waals surface area contributed by atoms with E-state index in [1.54, 1.807) is 0 Å². The van der Waals surface area contributed by atoms with Gasteiger partial charge in [-0.2, -0.15) is 5.10 Å². The molecule has 0 saturated carbocycles. The molecule has 0 atom stereocenters. The molecule has 124 valence electrons. The van der Waals surface area contributed by atoms with E-state index >= 15 is 0 Å². The number of fused-ring (bicyclic) bond motifs is 2. The van der Waals surface area contributed by atoms with Crippen molar-refractivity contribution in [2.24, 2.45) is 0 Å². The quantitative estimate of drug-likeness (QED) is 0.425. The molecular weight excluding hydrogens is 318 g/mol. The van der Waals surface area contributed by atoms with E-state index in [-0.39, 0.29) is 0 Å². The molecule has 0 saturated heterocycles. The summed E-state index contributed by atoms with van der Waals surface area (Å²) in [5.74, 6) is 0. The van der Waals surface area contributed by atoms with Gasteiger partial charge in [-0.1, -0.05) is 72.3 Å². The molecule has 26 heavy (non-hydrogen) atoms. The van der Waals surface area contributed by atoms with Crippen LogP contribution in [0.15, 0.2) is 85.3 Å². The first-order valence-electron chi connectivity index (χ1n) is 8.68. The molecule has 0 spiro atoms. The molecule has 3 aromatic carbocycles. The van der Waals surface area contributed by atoms with Crippen LogP contribution in [-0.2, 0) is 0 Å². The second-order valence-corrected chi connectivity index (χ2v) is 6.56. The highest BCUT2D eigenvalue weighted by atomic mass is 15.2. The van der Waals surface area contributed by atoms with Crippen LogP contribution in [0.2, 0.25) is 0 Å². The van der Waals surface area contributed by atoms with E-state index in [4.69, 9.17) is 4.98 Å². The van der Waals surface area contributed by atoms with Crippen molar-refractivity contribution in [1.29, 1.82) is 0 Å². The molecule has 5 aromatic rings. The van der Waals surface area contributed by atoms with Crippen molar-refractivity contribution >= 4 is 16.4 Å². The minimum absolute atomic E-state index is 0.872. The third-order valence-corrected chi connectivity index (χ3v) is 4.82. The van der Waals surface area contributed by atoms with Crippen LogP contribution in [0.25, 0.3) is 38.7 Å². The molecule has 5 rings (SSSR count). The number of rotatable bonds is 2. The van der Waals surface area contributed by atoms with E-state index in [0.717, 1.165) is 27.9 Å². The van der Waals surface area contributed by atoms with Crippen molar-refractivity contribution in [3.05, 3.63) is 90.9 Å². The lowest BCUT2D eigenvalue weighted by Crippen LogP contribution is -1.92. The van der Waals surface area contributed by atoms with Gasteiger partial charge in [0.1, 0.15) is 0 Å². The highest BCUT2D eigenvalue weighted by molar-refractivity contribution is 5.99. The third kappa shape index (κ3) is 2.37. The summed E-state index contributed by atoms with van der Waals surface area (Å²) in [6, 6.07) is 23.2. The monoisotopic (exact) mass is 335 g/mol. The minimum atomic E-state index is 0.872. The van der Waals surface area contributed by atoms with Gasteiger partial charge in [-0.05, 0) is 28.8 Å². The summed E-state index contributed by atoms with van der Waals surface area (Å²) in [6.45, 7) is 2.09. The van der Waals surface area contributed by atoms with Crippen molar-refractivity contribution in [3.63, 3.8) is 0 Å². The molecule has 0 aliphatic heterocycles. The molecule has 0 unspecified atom stereocenters. The normalized spacial score (nSPS) is 11.3. The lowest BCUT2D eigenvalue weighted by molar-refractivity contribution is 0.941. The van der Waals surface area contributed by atoms with Crippen LogP contribution in [0.1, 0.15) is 5.56 Å². The van der Waals surface area contributed by atoms with Crippen LogP contribution in [0.3, 0.4) is 0 Å². The van der Waals surface area contributed by atoms with Crippen LogP contribution in [0, 0.1) is 6.92 Å². The first-order valence-corrected chi connectivity index (χ1v) is 8.68. The molecule has 0 amide bonds. The largest absolute Gasteiger partial charge is 0.236 e. The lowest BCUT2D eigenvalue weighted by atomic mass is 10.0. The summed E-state index contributed by atoms with van der Waals surface area (Å²) in [4.78, 5) is 4.72. The summed E-state index contributed by atoms with van der Waals surface area (Å²) < 4.78 is 1.87. The van der Waals surface area contributed by atoms with Gasteiger partial charge in [0.05, 0.1) is 6.20 Å². The topological polar surface area (TPSA) is 30.2 Å². The van der Waals surface area contributed by atoms with Crippen molar-refractivity contribution in [3.8, 4) is 22.3 Å². The highest BCUT2D eigenvalue weighted by Crippen LogP contribution is 2.31. The van der Waals surface area contributed by atoms with Crippen molar-refractivity contribution in [2.75, 3.05) is 0 Å². The van der Waals surface area contributed by atoms with E-state index < -0.39 is 0 Å². The Morgan fingerprint density at radius 3 is 2.42 bits per heavy atom. The zero-order chi connectivity index (χ0) is 17.5. The fourth-order valence-electron chi connectivity index (χ4n) is 3.42. The number of hydrogen-bond donors (Lipinski definition) is 0. The number of aryl methyl sites for hydroxylation is 1. The molecule has 0 aliphatic carbocycles. The summed E-state index contributed by atoms with van der Waals surface area (Å²) in [5.41, 5.74) is 6.54. The Morgan fingerprint density at radius 1 is 0.731 bits per heavy atom. The first kappa shape index (κ1) is 14.8. The number of hydrogen-bond acceptors (Lipinski definition) is 2. The Hall–Kier alpha value is -3.46. The molecule has 0 N–H and O–H groups in total. The van der Waals surface area contributed by atoms with Crippen molar-refractivity contribution < 1.29 is 0 Å². The van der Waals surface area contributed by atoms with Gasteiger partial charge in [0.2, 0.25) is 0 Å². The molecule has 0 fully saturated rings. The van der Waals surface area contributed by atoms with E-state index in [1.165, 1.54) is 16.3 Å². The van der Waals surface area contributed by atoms with Crippen molar-refractivity contribution in [1.82, 2.24) is 14.6 Å². The van der Waals surface area contributed by atoms with Crippen molar-refractivity contribution in [2.45, 2.75) is 6.92 Å². The first-order chi connectivity index (χ1) is 12.8. The molecule has 2 aromatic heterocycles. The van der Waals surface area contributed by atoms with Crippen LogP contribution < -0.4 is 0 Å². The smallest absolute Gasteiger partial charge is 0.162 e. The fraction of sp³-hybridized carbons (Fsp3) is 0.0435. The minimum Gasteiger partial charge on any atom is -0.236 e. The Morgan fingerprint density at radius 2 is 1.54 bits per heavy atom. The zero-order valence-corrected chi connectivity index (χ0v) is 14.4. The maximum Gasteiger partial charge on any atom is 0.162 e. The summed E-state index contributed by atoms with van der Waals surface area (Å²) in [7, 11) is 0. The average Bonchev–Trinajstić information content (AvgIpc) is 3.11. The molecular formula is C23H17N3. The SMILES string of the molecule is Cc1ccc(-c2cnc3c(-c4cccc5ccccc45)cnn3c2)cc1. The van der Waals surface area contributed by atoms with E-state index in [9.17, 15) is 0 Å². The van der Waals surface area contributed by atoms with Crippen LogP contribution in [-0.4, -0.2) is 14.6 Å². The Labute approximate surface area is 151 Å². The van der Waals surface area contributed by atoms with Gasteiger partial charge in [0, 0.05) is 23.5 Å². The second kappa shape index (κ2) is 5.81. The van der Waals surface area contributed by atoms with Gasteiger partial charge in [0.25, 0.3) is 0 Å². The van der Waals surface area contributed by atoms with Crippen LogP contribution in [0.5, 0.6) is 0 Å². The van der Waals surface area contributed by atoms with E-state index in [0.29, 0.717) is 0 Å². The summed E-state index contributed by atoms with van der Waals surface area (Å²) in [5, 5.41) is 7.00. The Balaban J connectivity index is 1.67. The number of aromatic nitrogens is 3. The van der Waals surface area contributed by atoms with E-state index in [1.807, 2.05) is 23.1 Å². The Kier molecular flexibility index (Phi) is 3.32. The maximum absolute atomic E-state index is 4.72. The van der Waals surface area contributed by atoms with Gasteiger partial charge < -0.3 is 0 Å². The lowest BCUT2D eigenvalue weighted by Gasteiger charge is -2.06. The number of nitrogens with zero attached hydrogens (tertiary/aromatic N) is 3. The summed E-state index contributed by atoms with van der Waals surface area (Å²) >= 11 is 0. The molecule has 3 nitrogen and oxygen atoms in total. The standard InChI is InChI=1S/C23H17N3/c1-16-9-11-17(12-10-16)19-13-24-23-22(14-25-26(23)15-19)21-8-4-6-18-5-2-3-7-20(18)21/h2-15H,1H3. The van der Waals surface area contributed by atoms with Gasteiger partial charge in [0.15, 0.2) is 5.65 Å². The zero-order valence-electron chi connectivity index (χ0n) is 14.4. The second-order valence-electron chi connectivity index (χ2n) is 6.56. The summed E-state index contributed by atoms with van der Waals surface area (Å²) in [6.07, 6.45) is 5.88. The van der Waals surface area contributed by atoms with Gasteiger partial charge in [-0.25, -0.2) is 9.50 Å². The number of benzene rings is 3. The predicted octanol–water partition coefficient (Wildman–Crippen LogP) is 5.52. The molecule has 0 radical (unpaired) electrons. The molecule has 3 heteroatoms. The molecule has 0 bridgehead atoms. The molecule has 0 aliphatic rings. The van der Waals surface area contributed by atoms with Gasteiger partial charge in [-0.15, -0.1) is 0 Å².